The highest BCUT2D eigenvalue weighted by Gasteiger charge is 2.23. The lowest BCUT2D eigenvalue weighted by Gasteiger charge is -2.21. The number of carbonyl (C=O) groups excluding carboxylic acids is 1. The molecule has 1 aromatic rings. The Bertz CT molecular complexity index is 680. The summed E-state index contributed by atoms with van der Waals surface area (Å²) in [4.78, 5) is 12.3. The second-order valence-electron chi connectivity index (χ2n) is 6.56. The van der Waals surface area contributed by atoms with Gasteiger partial charge in [-0.05, 0) is 38.0 Å². The maximum atomic E-state index is 12.7. The number of sulfonamides is 1. The molecule has 1 N–H and O–H groups in total. The summed E-state index contributed by atoms with van der Waals surface area (Å²) in [7, 11) is -3.60. The summed E-state index contributed by atoms with van der Waals surface area (Å²) >= 11 is 0. The van der Waals surface area contributed by atoms with Gasteiger partial charge >= 0.3 is 0 Å². The van der Waals surface area contributed by atoms with Crippen molar-refractivity contribution in [2.24, 2.45) is 5.92 Å². The molecular weight excluding hydrogens is 340 g/mol. The minimum Gasteiger partial charge on any atom is -0.489 e. The molecule has 0 atom stereocenters. The Balaban J connectivity index is 3.27. The van der Waals surface area contributed by atoms with E-state index in [1.807, 2.05) is 27.7 Å². The fourth-order valence-corrected chi connectivity index (χ4v) is 3.89. The number of ether oxygens (including phenoxy) is 1. The van der Waals surface area contributed by atoms with Crippen LogP contribution in [0.4, 0.5) is 5.69 Å². The molecule has 1 amide bonds. The zero-order valence-electron chi connectivity index (χ0n) is 16.0. The molecule has 0 saturated heterocycles. The average molecular weight is 371 g/mol. The largest absolute Gasteiger partial charge is 0.489 e. The quantitative estimate of drug-likeness (QED) is 0.722. The number of carbonyl (C=O) groups is 1. The van der Waals surface area contributed by atoms with Crippen LogP contribution in [-0.4, -0.2) is 37.8 Å². The fourth-order valence-electron chi connectivity index (χ4n) is 2.41. The Kier molecular flexibility index (Phi) is 7.89. The van der Waals surface area contributed by atoms with Gasteiger partial charge in [0.1, 0.15) is 5.75 Å². The number of hydrogen-bond acceptors (Lipinski definition) is 4. The zero-order valence-corrected chi connectivity index (χ0v) is 16.8. The van der Waals surface area contributed by atoms with Gasteiger partial charge in [0.25, 0.3) is 0 Å². The van der Waals surface area contributed by atoms with E-state index in [0.29, 0.717) is 30.9 Å². The van der Waals surface area contributed by atoms with E-state index in [9.17, 15) is 13.2 Å². The Morgan fingerprint density at radius 3 is 2.24 bits per heavy atom. The highest BCUT2D eigenvalue weighted by atomic mass is 32.2. The Hall–Kier alpha value is -1.60. The summed E-state index contributed by atoms with van der Waals surface area (Å²) in [6.07, 6.45) is 0.264. The first-order valence-electron chi connectivity index (χ1n) is 8.72. The lowest BCUT2D eigenvalue weighted by molar-refractivity contribution is -0.116. The molecule has 0 aliphatic rings. The van der Waals surface area contributed by atoms with Crippen molar-refractivity contribution in [3.8, 4) is 5.75 Å². The van der Waals surface area contributed by atoms with E-state index < -0.39 is 10.0 Å². The summed E-state index contributed by atoms with van der Waals surface area (Å²) in [5.74, 6) is 0.503. The maximum Gasteiger partial charge on any atom is 0.243 e. The topological polar surface area (TPSA) is 75.7 Å². The van der Waals surface area contributed by atoms with E-state index >= 15 is 0 Å². The number of amides is 1. The van der Waals surface area contributed by atoms with E-state index in [1.165, 1.54) is 16.4 Å². The molecule has 1 rings (SSSR count). The normalized spacial score (nSPS) is 12.0. The van der Waals surface area contributed by atoms with Crippen LogP contribution in [0.1, 0.15) is 48.0 Å². The second-order valence-corrected chi connectivity index (χ2v) is 8.50. The van der Waals surface area contributed by atoms with Crippen LogP contribution in [0.15, 0.2) is 23.1 Å². The lowest BCUT2D eigenvalue weighted by Crippen LogP contribution is -2.30. The molecular formula is C18H30N2O4S. The summed E-state index contributed by atoms with van der Waals surface area (Å²) in [6.45, 7) is 12.0. The van der Waals surface area contributed by atoms with Gasteiger partial charge in [0.2, 0.25) is 15.9 Å². The molecule has 0 aliphatic carbocycles. The van der Waals surface area contributed by atoms with E-state index in [2.05, 4.69) is 5.32 Å². The third-order valence-corrected chi connectivity index (χ3v) is 5.57. The van der Waals surface area contributed by atoms with Crippen molar-refractivity contribution < 1.29 is 17.9 Å². The van der Waals surface area contributed by atoms with Gasteiger partial charge in [0, 0.05) is 19.5 Å². The minimum atomic E-state index is -3.60. The molecule has 0 radical (unpaired) electrons. The van der Waals surface area contributed by atoms with Crippen LogP contribution >= 0.6 is 0 Å². The van der Waals surface area contributed by atoms with Gasteiger partial charge in [-0.25, -0.2) is 8.42 Å². The number of nitrogens with one attached hydrogen (secondary N) is 1. The number of anilines is 1. The first kappa shape index (κ1) is 21.4. The highest BCUT2D eigenvalue weighted by Crippen LogP contribution is 2.30. The molecule has 142 valence electrons. The predicted octanol–water partition coefficient (Wildman–Crippen LogP) is 3.49. The van der Waals surface area contributed by atoms with Crippen molar-refractivity contribution in [1.82, 2.24) is 4.31 Å². The van der Waals surface area contributed by atoms with Gasteiger partial charge < -0.3 is 10.1 Å². The molecule has 0 aromatic heterocycles. The standard InChI is InChI=1S/C18H30N2O4S/c1-7-20(8-2)25(22,23)15-9-10-17(24-14(5)6)16(12-15)19-18(21)11-13(3)4/h9-10,12-14H,7-8,11H2,1-6H3,(H,19,21). The Labute approximate surface area is 151 Å². The van der Waals surface area contributed by atoms with Crippen LogP contribution in [0, 0.1) is 5.92 Å². The van der Waals surface area contributed by atoms with Gasteiger partial charge in [0.05, 0.1) is 16.7 Å². The molecule has 0 unspecified atom stereocenters. The van der Waals surface area contributed by atoms with E-state index in [4.69, 9.17) is 4.74 Å². The predicted molar refractivity (Wildman–Crippen MR) is 100 cm³/mol. The van der Waals surface area contributed by atoms with Crippen molar-refractivity contribution >= 4 is 21.6 Å². The van der Waals surface area contributed by atoms with Crippen LogP contribution in [0.5, 0.6) is 5.75 Å². The Morgan fingerprint density at radius 1 is 1.16 bits per heavy atom. The highest BCUT2D eigenvalue weighted by molar-refractivity contribution is 7.89. The van der Waals surface area contributed by atoms with Crippen LogP contribution in [-0.2, 0) is 14.8 Å². The molecule has 0 fully saturated rings. The van der Waals surface area contributed by atoms with Crippen molar-refractivity contribution in [3.05, 3.63) is 18.2 Å². The van der Waals surface area contributed by atoms with Crippen LogP contribution in [0.3, 0.4) is 0 Å². The first-order chi connectivity index (χ1) is 11.6. The fraction of sp³-hybridized carbons (Fsp3) is 0.611. The lowest BCUT2D eigenvalue weighted by atomic mass is 10.1. The van der Waals surface area contributed by atoms with Gasteiger partial charge in [-0.3, -0.25) is 4.79 Å². The molecule has 0 aliphatic heterocycles. The number of rotatable bonds is 9. The Morgan fingerprint density at radius 2 is 1.76 bits per heavy atom. The SMILES string of the molecule is CCN(CC)S(=O)(=O)c1ccc(OC(C)C)c(NC(=O)CC(C)C)c1. The van der Waals surface area contributed by atoms with Crippen LogP contribution < -0.4 is 10.1 Å². The number of nitrogens with zero attached hydrogens (tertiary/aromatic N) is 1. The third kappa shape index (κ3) is 6.01. The van der Waals surface area contributed by atoms with Gasteiger partial charge in [-0.1, -0.05) is 27.7 Å². The molecule has 0 spiro atoms. The first-order valence-corrected chi connectivity index (χ1v) is 10.2. The second kappa shape index (κ2) is 9.20. The van der Waals surface area contributed by atoms with Crippen molar-refractivity contribution in [2.75, 3.05) is 18.4 Å². The molecule has 7 heteroatoms. The summed E-state index contributed by atoms with van der Waals surface area (Å²) in [5.41, 5.74) is 0.382. The third-order valence-electron chi connectivity index (χ3n) is 3.52. The summed E-state index contributed by atoms with van der Waals surface area (Å²) < 4.78 is 32.5. The molecule has 25 heavy (non-hydrogen) atoms. The van der Waals surface area contributed by atoms with E-state index in [-0.39, 0.29) is 22.8 Å². The van der Waals surface area contributed by atoms with Gasteiger partial charge in [-0.15, -0.1) is 0 Å². The summed E-state index contributed by atoms with van der Waals surface area (Å²) in [6, 6.07) is 4.59. The van der Waals surface area contributed by atoms with Crippen molar-refractivity contribution in [2.45, 2.75) is 59.0 Å². The minimum absolute atomic E-state index is 0.0917. The average Bonchev–Trinajstić information content (AvgIpc) is 2.48. The molecule has 0 bridgehead atoms. The molecule has 6 nitrogen and oxygen atoms in total. The number of benzene rings is 1. The van der Waals surface area contributed by atoms with E-state index in [1.54, 1.807) is 19.9 Å². The monoisotopic (exact) mass is 370 g/mol. The molecule has 0 saturated carbocycles. The van der Waals surface area contributed by atoms with Gasteiger partial charge in [-0.2, -0.15) is 4.31 Å². The number of hydrogen-bond donors (Lipinski definition) is 1. The maximum absolute atomic E-state index is 12.7. The van der Waals surface area contributed by atoms with Crippen LogP contribution in [0.2, 0.25) is 0 Å². The van der Waals surface area contributed by atoms with Crippen molar-refractivity contribution in [3.63, 3.8) is 0 Å². The molecule has 1 aromatic carbocycles. The van der Waals surface area contributed by atoms with Crippen LogP contribution in [0.25, 0.3) is 0 Å². The zero-order chi connectivity index (χ0) is 19.2. The van der Waals surface area contributed by atoms with Crippen molar-refractivity contribution in [1.29, 1.82) is 0 Å². The molecule has 0 heterocycles. The smallest absolute Gasteiger partial charge is 0.243 e. The summed E-state index contributed by atoms with van der Waals surface area (Å²) in [5, 5.41) is 2.79. The van der Waals surface area contributed by atoms with E-state index in [0.717, 1.165) is 0 Å². The van der Waals surface area contributed by atoms with Gasteiger partial charge in [0.15, 0.2) is 0 Å².